The van der Waals surface area contributed by atoms with Gasteiger partial charge >= 0.3 is 0 Å². The topological polar surface area (TPSA) is 69.8 Å². The molecule has 0 unspecified atom stereocenters. The normalized spacial score (nSPS) is 10.5. The highest BCUT2D eigenvalue weighted by molar-refractivity contribution is 5.78. The summed E-state index contributed by atoms with van der Waals surface area (Å²) in [6.45, 7) is 1.59. The number of hydrogen-bond donors (Lipinski definition) is 3. The smallest absolute Gasteiger partial charge is 0.260 e. The van der Waals surface area contributed by atoms with Crippen LogP contribution in [0.1, 0.15) is 6.42 Å². The van der Waals surface area contributed by atoms with E-state index in [9.17, 15) is 4.79 Å². The van der Waals surface area contributed by atoms with Gasteiger partial charge in [0.2, 0.25) is 5.95 Å². The number of hydrogen-bond acceptors (Lipinski definition) is 4. The summed E-state index contributed by atoms with van der Waals surface area (Å²) < 4.78 is 0. The molecule has 0 aliphatic heterocycles. The Labute approximate surface area is 128 Å². The summed E-state index contributed by atoms with van der Waals surface area (Å²) in [6.07, 6.45) is 0.922. The van der Waals surface area contributed by atoms with Crippen LogP contribution >= 0.6 is 0 Å². The number of anilines is 2. The highest BCUT2D eigenvalue weighted by atomic mass is 16.1. The minimum atomic E-state index is -0.115. The van der Waals surface area contributed by atoms with Crippen molar-refractivity contribution in [3.63, 3.8) is 0 Å². The molecule has 3 rings (SSSR count). The molecule has 0 aliphatic rings. The maximum Gasteiger partial charge on any atom is 0.260 e. The van der Waals surface area contributed by atoms with E-state index >= 15 is 0 Å². The zero-order valence-corrected chi connectivity index (χ0v) is 12.2. The van der Waals surface area contributed by atoms with E-state index in [1.807, 2.05) is 48.5 Å². The van der Waals surface area contributed by atoms with Gasteiger partial charge in [-0.3, -0.25) is 9.78 Å². The summed E-state index contributed by atoms with van der Waals surface area (Å²) >= 11 is 0. The van der Waals surface area contributed by atoms with Crippen LogP contribution in [-0.2, 0) is 0 Å². The molecule has 5 heteroatoms. The zero-order valence-electron chi connectivity index (χ0n) is 12.2. The lowest BCUT2D eigenvalue weighted by Gasteiger charge is -2.08. The second-order valence-electron chi connectivity index (χ2n) is 5.00. The molecule has 1 heterocycles. The Morgan fingerprint density at radius 2 is 1.64 bits per heavy atom. The maximum absolute atomic E-state index is 11.9. The van der Waals surface area contributed by atoms with Gasteiger partial charge in [0.1, 0.15) is 0 Å². The van der Waals surface area contributed by atoms with Crippen LogP contribution in [0, 0.1) is 0 Å². The highest BCUT2D eigenvalue weighted by Crippen LogP contribution is 2.08. The Morgan fingerprint density at radius 1 is 0.909 bits per heavy atom. The highest BCUT2D eigenvalue weighted by Gasteiger charge is 2.02. The second kappa shape index (κ2) is 6.76. The van der Waals surface area contributed by atoms with Gasteiger partial charge in [-0.1, -0.05) is 30.3 Å². The fourth-order valence-electron chi connectivity index (χ4n) is 2.25. The lowest BCUT2D eigenvalue weighted by atomic mass is 10.2. The summed E-state index contributed by atoms with van der Waals surface area (Å²) in [5.41, 5.74) is 1.70. The molecular formula is C17H18N4O. The monoisotopic (exact) mass is 294 g/mol. The third-order valence-electron chi connectivity index (χ3n) is 3.36. The van der Waals surface area contributed by atoms with E-state index in [4.69, 9.17) is 0 Å². The Morgan fingerprint density at radius 3 is 2.50 bits per heavy atom. The van der Waals surface area contributed by atoms with Crippen molar-refractivity contribution in [3.8, 4) is 0 Å². The predicted molar refractivity (Wildman–Crippen MR) is 90.4 cm³/mol. The molecule has 0 aliphatic carbocycles. The van der Waals surface area contributed by atoms with Crippen LogP contribution in [0.3, 0.4) is 0 Å². The van der Waals surface area contributed by atoms with Crippen molar-refractivity contribution in [3.05, 3.63) is 65.0 Å². The Hall–Kier alpha value is -2.82. The number of nitrogens with zero attached hydrogens (tertiary/aromatic N) is 1. The number of aromatic nitrogens is 2. The lowest BCUT2D eigenvalue weighted by Crippen LogP contribution is -2.15. The van der Waals surface area contributed by atoms with Crippen molar-refractivity contribution >= 4 is 22.5 Å². The van der Waals surface area contributed by atoms with E-state index in [-0.39, 0.29) is 5.56 Å². The molecule has 0 bridgehead atoms. The van der Waals surface area contributed by atoms with Crippen LogP contribution in [0.4, 0.5) is 11.6 Å². The van der Waals surface area contributed by atoms with E-state index in [2.05, 4.69) is 20.6 Å². The van der Waals surface area contributed by atoms with Crippen LogP contribution in [0.2, 0.25) is 0 Å². The molecule has 3 N–H and O–H groups in total. The number of para-hydroxylation sites is 2. The standard InChI is InChI=1S/C17H18N4O/c22-16-14-9-4-5-10-15(14)20-17(21-16)19-12-6-11-18-13-7-2-1-3-8-13/h1-5,7-10,18H,6,11-12H2,(H2,19,20,21,22). The van der Waals surface area contributed by atoms with Gasteiger partial charge in [-0.15, -0.1) is 0 Å². The summed E-state index contributed by atoms with van der Waals surface area (Å²) in [5.74, 6) is 0.517. The second-order valence-corrected chi connectivity index (χ2v) is 5.00. The Balaban J connectivity index is 1.53. The van der Waals surface area contributed by atoms with E-state index in [1.54, 1.807) is 6.07 Å². The average molecular weight is 294 g/mol. The van der Waals surface area contributed by atoms with Crippen molar-refractivity contribution in [2.45, 2.75) is 6.42 Å². The van der Waals surface area contributed by atoms with Gasteiger partial charge < -0.3 is 10.6 Å². The van der Waals surface area contributed by atoms with E-state index in [0.29, 0.717) is 16.9 Å². The molecular weight excluding hydrogens is 276 g/mol. The number of nitrogens with one attached hydrogen (secondary N) is 3. The molecule has 0 saturated heterocycles. The first-order valence-corrected chi connectivity index (χ1v) is 7.35. The zero-order chi connectivity index (χ0) is 15.2. The molecule has 0 amide bonds. The molecule has 2 aromatic carbocycles. The van der Waals surface area contributed by atoms with E-state index < -0.39 is 0 Å². The van der Waals surface area contributed by atoms with Gasteiger partial charge in [0, 0.05) is 18.8 Å². The minimum Gasteiger partial charge on any atom is -0.385 e. The largest absolute Gasteiger partial charge is 0.385 e. The summed E-state index contributed by atoms with van der Waals surface area (Å²) in [4.78, 5) is 19.1. The van der Waals surface area contributed by atoms with Gasteiger partial charge in [-0.05, 0) is 30.7 Å². The molecule has 22 heavy (non-hydrogen) atoms. The van der Waals surface area contributed by atoms with Gasteiger partial charge in [0.15, 0.2) is 0 Å². The first-order chi connectivity index (χ1) is 10.8. The third-order valence-corrected chi connectivity index (χ3v) is 3.36. The molecule has 1 aromatic heterocycles. The van der Waals surface area contributed by atoms with Crippen LogP contribution in [0.25, 0.3) is 10.9 Å². The molecule has 3 aromatic rings. The quantitative estimate of drug-likeness (QED) is 0.611. The molecule has 0 atom stereocenters. The molecule has 0 saturated carbocycles. The molecule has 112 valence electrons. The van der Waals surface area contributed by atoms with Crippen molar-refractivity contribution in [1.82, 2.24) is 9.97 Å². The number of rotatable bonds is 6. The summed E-state index contributed by atoms with van der Waals surface area (Å²) in [7, 11) is 0. The van der Waals surface area contributed by atoms with Gasteiger partial charge in [-0.25, -0.2) is 4.98 Å². The Bertz CT molecular complexity index is 798. The predicted octanol–water partition coefficient (Wildman–Crippen LogP) is 2.84. The van der Waals surface area contributed by atoms with Crippen LogP contribution in [0.15, 0.2) is 59.4 Å². The number of benzene rings is 2. The first kappa shape index (κ1) is 14.1. The van der Waals surface area contributed by atoms with Crippen LogP contribution < -0.4 is 16.2 Å². The third kappa shape index (κ3) is 3.44. The lowest BCUT2D eigenvalue weighted by molar-refractivity contribution is 0.895. The molecule has 5 nitrogen and oxygen atoms in total. The van der Waals surface area contributed by atoms with Crippen molar-refractivity contribution in [1.29, 1.82) is 0 Å². The molecule has 0 fully saturated rings. The molecule has 0 spiro atoms. The first-order valence-electron chi connectivity index (χ1n) is 7.35. The van der Waals surface area contributed by atoms with Crippen LogP contribution in [0.5, 0.6) is 0 Å². The van der Waals surface area contributed by atoms with Crippen molar-refractivity contribution in [2.24, 2.45) is 0 Å². The summed E-state index contributed by atoms with van der Waals surface area (Å²) in [5, 5.41) is 7.11. The van der Waals surface area contributed by atoms with Gasteiger partial charge in [-0.2, -0.15) is 0 Å². The van der Waals surface area contributed by atoms with Gasteiger partial charge in [0.25, 0.3) is 5.56 Å². The van der Waals surface area contributed by atoms with E-state index in [0.717, 1.165) is 25.2 Å². The average Bonchev–Trinajstić information content (AvgIpc) is 2.56. The fourth-order valence-corrected chi connectivity index (χ4v) is 2.25. The van der Waals surface area contributed by atoms with Crippen LogP contribution in [-0.4, -0.2) is 23.1 Å². The number of aromatic amines is 1. The maximum atomic E-state index is 11.9. The van der Waals surface area contributed by atoms with Gasteiger partial charge in [0.05, 0.1) is 10.9 Å². The Kier molecular flexibility index (Phi) is 4.34. The number of H-pyrrole nitrogens is 1. The summed E-state index contributed by atoms with van der Waals surface area (Å²) in [6, 6.07) is 17.4. The molecule has 0 radical (unpaired) electrons. The van der Waals surface area contributed by atoms with E-state index in [1.165, 1.54) is 0 Å². The SMILES string of the molecule is O=c1[nH]c(NCCCNc2ccccc2)nc2ccccc12. The van der Waals surface area contributed by atoms with Crippen molar-refractivity contribution < 1.29 is 0 Å². The fraction of sp³-hybridized carbons (Fsp3) is 0.176. The minimum absolute atomic E-state index is 0.115. The van der Waals surface area contributed by atoms with Crippen molar-refractivity contribution in [2.75, 3.05) is 23.7 Å². The number of fused-ring (bicyclic) bond motifs is 1.